The standard InChI is InChI=1S/C24H34N2O4S/c1-17-5-6-22(18(2)13-17)30-16-21-20-8-12-31-23(20)7-9-26(21)24(28)15-25(10-11-29-4)14-19(3)27/h5-6,8,12-13,19,21,27H,7,9-11,14-16H2,1-4H3. The van der Waals surface area contributed by atoms with E-state index >= 15 is 0 Å². The second kappa shape index (κ2) is 11.1. The Morgan fingerprint density at radius 2 is 2.16 bits per heavy atom. The van der Waals surface area contributed by atoms with Crippen molar-refractivity contribution in [3.05, 3.63) is 51.2 Å². The number of aryl methyl sites for hydroxylation is 2. The largest absolute Gasteiger partial charge is 0.491 e. The van der Waals surface area contributed by atoms with Gasteiger partial charge in [0, 0.05) is 31.6 Å². The minimum absolute atomic E-state index is 0.0582. The number of rotatable bonds is 10. The van der Waals surface area contributed by atoms with E-state index < -0.39 is 6.10 Å². The SMILES string of the molecule is COCCN(CC(=O)N1CCc2sccc2C1COc1ccc(C)cc1C)CC(C)O. The number of methoxy groups -OCH3 is 1. The molecule has 1 aromatic carbocycles. The maximum atomic E-state index is 13.3. The molecule has 1 amide bonds. The van der Waals surface area contributed by atoms with Gasteiger partial charge in [-0.1, -0.05) is 17.7 Å². The van der Waals surface area contributed by atoms with Crippen molar-refractivity contribution in [3.63, 3.8) is 0 Å². The Labute approximate surface area is 189 Å². The maximum absolute atomic E-state index is 13.3. The van der Waals surface area contributed by atoms with Crippen molar-refractivity contribution < 1.29 is 19.4 Å². The van der Waals surface area contributed by atoms with Crippen molar-refractivity contribution in [1.29, 1.82) is 0 Å². The molecule has 1 aliphatic rings. The summed E-state index contributed by atoms with van der Waals surface area (Å²) < 4.78 is 11.4. The van der Waals surface area contributed by atoms with Gasteiger partial charge in [0.05, 0.1) is 25.3 Å². The lowest BCUT2D eigenvalue weighted by molar-refractivity contribution is -0.136. The number of nitrogens with zero attached hydrogens (tertiary/aromatic N) is 2. The van der Waals surface area contributed by atoms with Crippen molar-refractivity contribution in [3.8, 4) is 5.75 Å². The van der Waals surface area contributed by atoms with Crippen LogP contribution in [0.4, 0.5) is 0 Å². The average molecular weight is 447 g/mol. The molecule has 0 saturated heterocycles. The fourth-order valence-corrected chi connectivity index (χ4v) is 5.04. The van der Waals surface area contributed by atoms with Gasteiger partial charge in [0.15, 0.2) is 0 Å². The normalized spacial score (nSPS) is 17.0. The van der Waals surface area contributed by atoms with Gasteiger partial charge in [-0.05, 0) is 55.8 Å². The van der Waals surface area contributed by atoms with E-state index in [1.165, 1.54) is 16.0 Å². The van der Waals surface area contributed by atoms with Gasteiger partial charge in [-0.25, -0.2) is 0 Å². The summed E-state index contributed by atoms with van der Waals surface area (Å²) in [5.74, 6) is 0.916. The number of fused-ring (bicyclic) bond motifs is 1. The van der Waals surface area contributed by atoms with Gasteiger partial charge in [-0.15, -0.1) is 11.3 Å². The summed E-state index contributed by atoms with van der Waals surface area (Å²) in [4.78, 5) is 18.6. The molecule has 2 unspecified atom stereocenters. The van der Waals surface area contributed by atoms with Crippen LogP contribution in [0.15, 0.2) is 29.6 Å². The molecule has 3 rings (SSSR count). The molecular formula is C24H34N2O4S. The highest BCUT2D eigenvalue weighted by Gasteiger charge is 2.33. The molecule has 2 heterocycles. The van der Waals surface area contributed by atoms with Gasteiger partial charge in [-0.3, -0.25) is 9.69 Å². The van der Waals surface area contributed by atoms with Gasteiger partial charge in [-0.2, -0.15) is 0 Å². The van der Waals surface area contributed by atoms with Crippen LogP contribution in [0.2, 0.25) is 0 Å². The van der Waals surface area contributed by atoms with Crippen molar-refractivity contribution in [2.24, 2.45) is 0 Å². The smallest absolute Gasteiger partial charge is 0.237 e. The minimum Gasteiger partial charge on any atom is -0.491 e. The summed E-state index contributed by atoms with van der Waals surface area (Å²) in [6, 6.07) is 8.17. The van der Waals surface area contributed by atoms with Gasteiger partial charge < -0.3 is 19.5 Å². The van der Waals surface area contributed by atoms with Crippen LogP contribution in [0.25, 0.3) is 0 Å². The molecule has 0 spiro atoms. The second-order valence-corrected chi connectivity index (χ2v) is 9.31. The monoisotopic (exact) mass is 446 g/mol. The second-order valence-electron chi connectivity index (χ2n) is 8.31. The summed E-state index contributed by atoms with van der Waals surface area (Å²) in [5.41, 5.74) is 3.49. The molecule has 0 aliphatic carbocycles. The number of aliphatic hydroxyl groups excluding tert-OH is 1. The number of amides is 1. The number of carbonyl (C=O) groups is 1. The Balaban J connectivity index is 1.74. The summed E-state index contributed by atoms with van der Waals surface area (Å²) >= 11 is 1.75. The molecule has 1 aliphatic heterocycles. The molecule has 2 atom stereocenters. The number of hydrogen-bond donors (Lipinski definition) is 1. The Hall–Kier alpha value is -1.93. The summed E-state index contributed by atoms with van der Waals surface area (Å²) in [6.07, 6.45) is 0.367. The third-order valence-corrected chi connectivity index (χ3v) is 6.63. The maximum Gasteiger partial charge on any atom is 0.237 e. The molecule has 6 nitrogen and oxygen atoms in total. The van der Waals surface area contributed by atoms with E-state index in [2.05, 4.69) is 24.4 Å². The lowest BCUT2D eigenvalue weighted by atomic mass is 10.00. The predicted octanol–water partition coefficient (Wildman–Crippen LogP) is 3.20. The van der Waals surface area contributed by atoms with Gasteiger partial charge >= 0.3 is 0 Å². The van der Waals surface area contributed by atoms with E-state index in [9.17, 15) is 9.90 Å². The molecule has 1 aromatic heterocycles. The van der Waals surface area contributed by atoms with Crippen LogP contribution in [0.3, 0.4) is 0 Å². The molecule has 2 aromatic rings. The fraction of sp³-hybridized carbons (Fsp3) is 0.542. The summed E-state index contributed by atoms with van der Waals surface area (Å²) in [6.45, 7) is 8.79. The average Bonchev–Trinajstić information content (AvgIpc) is 3.19. The predicted molar refractivity (Wildman–Crippen MR) is 124 cm³/mol. The van der Waals surface area contributed by atoms with Crippen LogP contribution in [0, 0.1) is 13.8 Å². The number of ether oxygens (including phenoxy) is 2. The fourth-order valence-electron chi connectivity index (χ4n) is 4.12. The van der Waals surface area contributed by atoms with E-state index in [0.29, 0.717) is 32.8 Å². The van der Waals surface area contributed by atoms with Gasteiger partial charge in [0.25, 0.3) is 0 Å². The van der Waals surface area contributed by atoms with E-state index in [0.717, 1.165) is 17.7 Å². The Morgan fingerprint density at radius 1 is 1.35 bits per heavy atom. The zero-order valence-electron chi connectivity index (χ0n) is 19.0. The highest BCUT2D eigenvalue weighted by Crippen LogP contribution is 2.34. The summed E-state index contributed by atoms with van der Waals surface area (Å²) in [5, 5.41) is 11.9. The van der Waals surface area contributed by atoms with Crippen LogP contribution >= 0.6 is 11.3 Å². The third-order valence-electron chi connectivity index (χ3n) is 5.64. The number of thiophene rings is 1. The lowest BCUT2D eigenvalue weighted by Crippen LogP contribution is -2.48. The van der Waals surface area contributed by atoms with Crippen LogP contribution < -0.4 is 4.74 Å². The van der Waals surface area contributed by atoms with Crippen LogP contribution in [-0.2, 0) is 16.0 Å². The zero-order chi connectivity index (χ0) is 22.4. The lowest BCUT2D eigenvalue weighted by Gasteiger charge is -2.37. The topological polar surface area (TPSA) is 62.2 Å². The Kier molecular flexibility index (Phi) is 8.49. The zero-order valence-corrected chi connectivity index (χ0v) is 19.8. The van der Waals surface area contributed by atoms with Crippen molar-refractivity contribution in [2.45, 2.75) is 39.3 Å². The van der Waals surface area contributed by atoms with Crippen LogP contribution in [0.1, 0.15) is 34.5 Å². The first-order valence-corrected chi connectivity index (χ1v) is 11.7. The molecule has 170 valence electrons. The summed E-state index contributed by atoms with van der Waals surface area (Å²) in [7, 11) is 1.64. The molecule has 1 N–H and O–H groups in total. The Bertz CT molecular complexity index is 867. The number of hydrogen-bond acceptors (Lipinski definition) is 6. The van der Waals surface area contributed by atoms with Crippen molar-refractivity contribution in [2.75, 3.05) is 46.5 Å². The van der Waals surface area contributed by atoms with Crippen LogP contribution in [0.5, 0.6) is 5.75 Å². The quantitative estimate of drug-likeness (QED) is 0.607. The first kappa shape index (κ1) is 23.7. The molecule has 7 heteroatoms. The Morgan fingerprint density at radius 3 is 2.87 bits per heavy atom. The molecule has 0 radical (unpaired) electrons. The van der Waals surface area contributed by atoms with E-state index in [1.807, 2.05) is 28.9 Å². The highest BCUT2D eigenvalue weighted by molar-refractivity contribution is 7.10. The minimum atomic E-state index is -0.502. The first-order chi connectivity index (χ1) is 14.9. The van der Waals surface area contributed by atoms with Crippen LogP contribution in [-0.4, -0.2) is 73.4 Å². The molecular weight excluding hydrogens is 412 g/mol. The van der Waals surface area contributed by atoms with Crippen molar-refractivity contribution >= 4 is 17.2 Å². The molecule has 0 bridgehead atoms. The highest BCUT2D eigenvalue weighted by atomic mass is 32.1. The molecule has 0 fully saturated rings. The van der Waals surface area contributed by atoms with E-state index in [4.69, 9.17) is 9.47 Å². The van der Waals surface area contributed by atoms with Gasteiger partial charge in [0.2, 0.25) is 5.91 Å². The first-order valence-electron chi connectivity index (χ1n) is 10.8. The van der Waals surface area contributed by atoms with E-state index in [1.54, 1.807) is 25.4 Å². The van der Waals surface area contributed by atoms with Gasteiger partial charge in [0.1, 0.15) is 12.4 Å². The molecule has 0 saturated carbocycles. The third kappa shape index (κ3) is 6.29. The number of benzene rings is 1. The number of aliphatic hydroxyl groups is 1. The number of carbonyl (C=O) groups excluding carboxylic acids is 1. The molecule has 31 heavy (non-hydrogen) atoms. The van der Waals surface area contributed by atoms with E-state index in [-0.39, 0.29) is 18.5 Å². The van der Waals surface area contributed by atoms with Crippen molar-refractivity contribution in [1.82, 2.24) is 9.80 Å².